The summed E-state index contributed by atoms with van der Waals surface area (Å²) in [5.41, 5.74) is 2.92. The molecule has 2 aromatic rings. The largest absolute Gasteiger partial charge is 0.493 e. The first kappa shape index (κ1) is 22.2. The van der Waals surface area contributed by atoms with Crippen LogP contribution in [0, 0.1) is 6.92 Å². The summed E-state index contributed by atoms with van der Waals surface area (Å²) in [5.74, 6) is 0.863. The molecule has 0 spiro atoms. The summed E-state index contributed by atoms with van der Waals surface area (Å²) in [4.78, 5) is 12.1. The number of aryl methyl sites for hydroxylation is 1. The van der Waals surface area contributed by atoms with Gasteiger partial charge in [0.25, 0.3) is 5.91 Å². The van der Waals surface area contributed by atoms with Crippen molar-refractivity contribution in [1.82, 2.24) is 5.32 Å². The molecule has 2 rings (SSSR count). The third kappa shape index (κ3) is 7.14. The van der Waals surface area contributed by atoms with Crippen LogP contribution in [-0.4, -0.2) is 39.9 Å². The van der Waals surface area contributed by atoms with Gasteiger partial charge in [-0.1, -0.05) is 33.6 Å². The maximum absolute atomic E-state index is 12.1. The second kappa shape index (κ2) is 11.7. The zero-order valence-corrected chi connectivity index (χ0v) is 18.1. The fraction of sp³-hybridized carbons (Fsp3) is 0.381. The highest BCUT2D eigenvalue weighted by atomic mass is 79.9. The summed E-state index contributed by atoms with van der Waals surface area (Å²) < 4.78 is 17.0. The first-order valence-electron chi connectivity index (χ1n) is 9.09. The second-order valence-electron chi connectivity index (χ2n) is 6.32. The van der Waals surface area contributed by atoms with Crippen LogP contribution >= 0.6 is 15.9 Å². The molecule has 28 heavy (non-hydrogen) atoms. The van der Waals surface area contributed by atoms with E-state index in [2.05, 4.69) is 26.6 Å². The highest BCUT2D eigenvalue weighted by Crippen LogP contribution is 2.33. The molecule has 0 atom stereocenters. The van der Waals surface area contributed by atoms with Crippen molar-refractivity contribution in [3.63, 3.8) is 0 Å². The van der Waals surface area contributed by atoms with E-state index in [1.807, 2.05) is 43.3 Å². The van der Waals surface area contributed by atoms with E-state index in [1.165, 1.54) is 0 Å². The van der Waals surface area contributed by atoms with Crippen molar-refractivity contribution in [3.8, 4) is 11.5 Å². The van der Waals surface area contributed by atoms with Gasteiger partial charge in [0, 0.05) is 30.4 Å². The number of nitrogens with one attached hydrogen (secondary N) is 2. The van der Waals surface area contributed by atoms with Crippen LogP contribution in [0.2, 0.25) is 0 Å². The average molecular weight is 451 g/mol. The van der Waals surface area contributed by atoms with Crippen LogP contribution in [0.15, 0.2) is 40.9 Å². The summed E-state index contributed by atoms with van der Waals surface area (Å²) in [6.07, 6.45) is 0.947. The number of carbonyl (C=O) groups is 1. The lowest BCUT2D eigenvalue weighted by Gasteiger charge is -2.14. The fourth-order valence-corrected chi connectivity index (χ4v) is 2.99. The van der Waals surface area contributed by atoms with Gasteiger partial charge < -0.3 is 24.8 Å². The van der Waals surface area contributed by atoms with E-state index in [0.717, 1.165) is 40.9 Å². The van der Waals surface area contributed by atoms with Crippen LogP contribution < -0.4 is 20.1 Å². The summed E-state index contributed by atoms with van der Waals surface area (Å²) in [6, 6.07) is 11.3. The van der Waals surface area contributed by atoms with E-state index in [4.69, 9.17) is 14.2 Å². The molecule has 152 valence electrons. The van der Waals surface area contributed by atoms with Crippen LogP contribution in [0.3, 0.4) is 0 Å². The molecule has 0 aliphatic heterocycles. The molecule has 0 saturated heterocycles. The van der Waals surface area contributed by atoms with Crippen molar-refractivity contribution in [2.75, 3.05) is 39.3 Å². The van der Waals surface area contributed by atoms with Gasteiger partial charge in [-0.3, -0.25) is 4.79 Å². The standard InChI is InChI=1S/C21H27BrN2O4/c1-15-5-7-17(8-6-15)24-21(25)14-28-20-12-18(22)16(11-19(20)27-3)13-23-9-4-10-26-2/h5-8,11-12,23H,4,9-10,13-14H2,1-3H3,(H,24,25). The zero-order valence-electron chi connectivity index (χ0n) is 16.5. The minimum absolute atomic E-state index is 0.106. The maximum Gasteiger partial charge on any atom is 0.262 e. The van der Waals surface area contributed by atoms with E-state index in [1.54, 1.807) is 14.2 Å². The Bertz CT molecular complexity index is 766. The van der Waals surface area contributed by atoms with Gasteiger partial charge in [-0.2, -0.15) is 0 Å². The Balaban J connectivity index is 1.92. The lowest BCUT2D eigenvalue weighted by molar-refractivity contribution is -0.118. The molecule has 0 aliphatic carbocycles. The molecule has 0 unspecified atom stereocenters. The number of amides is 1. The highest BCUT2D eigenvalue weighted by Gasteiger charge is 2.12. The molecule has 0 aromatic heterocycles. The van der Waals surface area contributed by atoms with E-state index in [0.29, 0.717) is 18.0 Å². The molecule has 0 heterocycles. The Morgan fingerprint density at radius 2 is 1.86 bits per heavy atom. The van der Waals surface area contributed by atoms with E-state index in [9.17, 15) is 4.79 Å². The summed E-state index contributed by atoms with van der Waals surface area (Å²) in [7, 11) is 3.28. The third-order valence-corrected chi connectivity index (χ3v) is 4.78. The minimum atomic E-state index is -0.231. The second-order valence-corrected chi connectivity index (χ2v) is 7.17. The summed E-state index contributed by atoms with van der Waals surface area (Å²) in [6.45, 7) is 4.17. The van der Waals surface area contributed by atoms with Crippen molar-refractivity contribution >= 4 is 27.5 Å². The van der Waals surface area contributed by atoms with E-state index < -0.39 is 0 Å². The molecular weight excluding hydrogens is 424 g/mol. The van der Waals surface area contributed by atoms with Crippen molar-refractivity contribution < 1.29 is 19.0 Å². The first-order chi connectivity index (χ1) is 13.5. The number of hydrogen-bond donors (Lipinski definition) is 2. The Morgan fingerprint density at radius 3 is 2.54 bits per heavy atom. The van der Waals surface area contributed by atoms with Crippen molar-refractivity contribution in [2.24, 2.45) is 0 Å². The normalized spacial score (nSPS) is 10.6. The molecule has 1 amide bonds. The van der Waals surface area contributed by atoms with Crippen LogP contribution in [-0.2, 0) is 16.1 Å². The predicted molar refractivity (Wildman–Crippen MR) is 114 cm³/mol. The van der Waals surface area contributed by atoms with E-state index >= 15 is 0 Å². The van der Waals surface area contributed by atoms with Gasteiger partial charge >= 0.3 is 0 Å². The molecule has 0 fully saturated rings. The lowest BCUT2D eigenvalue weighted by atomic mass is 10.2. The first-order valence-corrected chi connectivity index (χ1v) is 9.88. The van der Waals surface area contributed by atoms with Crippen LogP contribution in [0.25, 0.3) is 0 Å². The van der Waals surface area contributed by atoms with Gasteiger partial charge in [0.15, 0.2) is 18.1 Å². The van der Waals surface area contributed by atoms with Crippen molar-refractivity contribution in [2.45, 2.75) is 19.9 Å². The smallest absolute Gasteiger partial charge is 0.262 e. The number of carbonyl (C=O) groups excluding carboxylic acids is 1. The molecule has 7 heteroatoms. The Kier molecular flexibility index (Phi) is 9.27. The Hall–Kier alpha value is -2.09. The summed E-state index contributed by atoms with van der Waals surface area (Å²) in [5, 5.41) is 6.17. The number of methoxy groups -OCH3 is 2. The van der Waals surface area contributed by atoms with Crippen LogP contribution in [0.4, 0.5) is 5.69 Å². The Morgan fingerprint density at radius 1 is 1.11 bits per heavy atom. The molecule has 6 nitrogen and oxygen atoms in total. The number of anilines is 1. The number of hydrogen-bond acceptors (Lipinski definition) is 5. The molecule has 2 N–H and O–H groups in total. The van der Waals surface area contributed by atoms with Crippen molar-refractivity contribution in [3.05, 3.63) is 52.0 Å². The maximum atomic E-state index is 12.1. The molecule has 2 aromatic carbocycles. The predicted octanol–water partition coefficient (Wildman–Crippen LogP) is 3.91. The van der Waals surface area contributed by atoms with Gasteiger partial charge in [0.2, 0.25) is 0 Å². The number of benzene rings is 2. The molecule has 0 aliphatic rings. The van der Waals surface area contributed by atoms with Crippen LogP contribution in [0.5, 0.6) is 11.5 Å². The highest BCUT2D eigenvalue weighted by molar-refractivity contribution is 9.10. The zero-order chi connectivity index (χ0) is 20.4. The third-order valence-electron chi connectivity index (χ3n) is 4.04. The van der Waals surface area contributed by atoms with Gasteiger partial charge in [-0.15, -0.1) is 0 Å². The molecular formula is C21H27BrN2O4. The Labute approximate surface area is 174 Å². The van der Waals surface area contributed by atoms with Gasteiger partial charge in [0.1, 0.15) is 0 Å². The van der Waals surface area contributed by atoms with Crippen molar-refractivity contribution in [1.29, 1.82) is 0 Å². The molecule has 0 bridgehead atoms. The quantitative estimate of drug-likeness (QED) is 0.507. The molecule has 0 radical (unpaired) electrons. The van der Waals surface area contributed by atoms with E-state index in [-0.39, 0.29) is 12.5 Å². The van der Waals surface area contributed by atoms with Crippen LogP contribution in [0.1, 0.15) is 17.5 Å². The number of halogens is 1. The van der Waals surface area contributed by atoms with Gasteiger partial charge in [-0.25, -0.2) is 0 Å². The average Bonchev–Trinajstić information content (AvgIpc) is 2.69. The number of ether oxygens (including phenoxy) is 3. The molecule has 0 saturated carbocycles. The lowest BCUT2D eigenvalue weighted by Crippen LogP contribution is -2.20. The van der Waals surface area contributed by atoms with Gasteiger partial charge in [-0.05, 0) is 49.7 Å². The monoisotopic (exact) mass is 450 g/mol. The number of rotatable bonds is 11. The fourth-order valence-electron chi connectivity index (χ4n) is 2.53. The topological polar surface area (TPSA) is 68.8 Å². The summed E-state index contributed by atoms with van der Waals surface area (Å²) >= 11 is 3.56. The van der Waals surface area contributed by atoms with Gasteiger partial charge in [0.05, 0.1) is 7.11 Å². The SMILES string of the molecule is COCCCNCc1cc(OC)c(OCC(=O)Nc2ccc(C)cc2)cc1Br. The minimum Gasteiger partial charge on any atom is -0.493 e.